The van der Waals surface area contributed by atoms with E-state index >= 15 is 0 Å². The molecule has 2 aliphatic rings. The van der Waals surface area contributed by atoms with Crippen molar-refractivity contribution in [2.24, 2.45) is 5.92 Å². The smallest absolute Gasteiger partial charge is 0.317 e. The molecule has 0 radical (unpaired) electrons. The second-order valence-electron chi connectivity index (χ2n) is 6.89. The third-order valence-electron chi connectivity index (χ3n) is 5.33. The van der Waals surface area contributed by atoms with Gasteiger partial charge in [0.25, 0.3) is 6.47 Å². The molecule has 2 fully saturated rings. The van der Waals surface area contributed by atoms with Crippen molar-refractivity contribution < 1.29 is 14.7 Å². The second-order valence-corrected chi connectivity index (χ2v) is 6.89. The van der Waals surface area contributed by atoms with Crippen LogP contribution in [0.25, 0.3) is 0 Å². The van der Waals surface area contributed by atoms with Gasteiger partial charge in [0.2, 0.25) is 0 Å². The number of hydrogen-bond acceptors (Lipinski definition) is 4. The standard InChI is InChI=1S/C18H28N4O.CH2O2/c1-2-21-11-6-15(7-12-21)3-10-20-18(23)22-13-17(14-22)16-4-8-19-9-5-16;2-1-3/h4-5,8-9,15,17H,2-3,6-7,10-14H2,1H3,(H,20,23);1H,(H,2,3). The van der Waals surface area contributed by atoms with Crippen molar-refractivity contribution in [2.45, 2.75) is 32.1 Å². The highest BCUT2D eigenvalue weighted by Crippen LogP contribution is 2.26. The first-order valence-corrected chi connectivity index (χ1v) is 9.40. The molecule has 1 aromatic rings. The summed E-state index contributed by atoms with van der Waals surface area (Å²) < 4.78 is 0. The Morgan fingerprint density at radius 3 is 2.50 bits per heavy atom. The molecule has 2 N–H and O–H groups in total. The topological polar surface area (TPSA) is 85.8 Å². The first-order valence-electron chi connectivity index (χ1n) is 9.40. The molecule has 2 saturated heterocycles. The Kier molecular flexibility index (Phi) is 8.34. The molecule has 0 atom stereocenters. The largest absolute Gasteiger partial charge is 0.483 e. The number of likely N-dealkylation sites (tertiary alicyclic amines) is 2. The third kappa shape index (κ3) is 5.98. The van der Waals surface area contributed by atoms with Crippen LogP contribution >= 0.6 is 0 Å². The molecule has 0 spiro atoms. The van der Waals surface area contributed by atoms with E-state index in [0.29, 0.717) is 5.92 Å². The van der Waals surface area contributed by atoms with Crippen molar-refractivity contribution >= 4 is 12.5 Å². The minimum absolute atomic E-state index is 0.0984. The lowest BCUT2D eigenvalue weighted by Gasteiger charge is -2.39. The fraction of sp³-hybridized carbons (Fsp3) is 0.632. The molecule has 0 aromatic carbocycles. The molecule has 3 heterocycles. The maximum atomic E-state index is 12.1. The Bertz CT molecular complexity index is 541. The van der Waals surface area contributed by atoms with Crippen LogP contribution in [-0.4, -0.2) is 71.7 Å². The van der Waals surface area contributed by atoms with Gasteiger partial charge in [-0.25, -0.2) is 4.79 Å². The molecule has 2 aliphatic heterocycles. The van der Waals surface area contributed by atoms with Crippen molar-refractivity contribution in [1.29, 1.82) is 0 Å². The number of amides is 2. The highest BCUT2D eigenvalue weighted by Gasteiger charge is 2.31. The summed E-state index contributed by atoms with van der Waals surface area (Å²) in [4.78, 5) is 29.0. The van der Waals surface area contributed by atoms with E-state index in [1.807, 2.05) is 29.4 Å². The average Bonchev–Trinajstić information content (AvgIpc) is 2.63. The normalized spacial score (nSPS) is 18.4. The van der Waals surface area contributed by atoms with Crippen molar-refractivity contribution in [3.63, 3.8) is 0 Å². The van der Waals surface area contributed by atoms with Gasteiger partial charge in [0.1, 0.15) is 0 Å². The number of aromatic nitrogens is 1. The van der Waals surface area contributed by atoms with E-state index in [2.05, 4.69) is 22.1 Å². The zero-order chi connectivity index (χ0) is 18.8. The number of pyridine rings is 1. The van der Waals surface area contributed by atoms with Gasteiger partial charge >= 0.3 is 6.03 Å². The van der Waals surface area contributed by atoms with Gasteiger partial charge in [-0.3, -0.25) is 9.78 Å². The predicted molar refractivity (Wildman–Crippen MR) is 100 cm³/mol. The Labute approximate surface area is 155 Å². The average molecular weight is 362 g/mol. The first kappa shape index (κ1) is 20.2. The van der Waals surface area contributed by atoms with Gasteiger partial charge in [-0.15, -0.1) is 0 Å². The van der Waals surface area contributed by atoms with E-state index < -0.39 is 0 Å². The predicted octanol–water partition coefficient (Wildman–Crippen LogP) is 2.01. The summed E-state index contributed by atoms with van der Waals surface area (Å²) in [6, 6.07) is 4.19. The van der Waals surface area contributed by atoms with E-state index in [1.54, 1.807) is 0 Å². The number of piperidine rings is 1. The zero-order valence-electron chi connectivity index (χ0n) is 15.5. The molecule has 1 aromatic heterocycles. The summed E-state index contributed by atoms with van der Waals surface area (Å²) in [7, 11) is 0. The summed E-state index contributed by atoms with van der Waals surface area (Å²) in [6.07, 6.45) is 7.31. The Balaban J connectivity index is 0.000000758. The van der Waals surface area contributed by atoms with Gasteiger partial charge < -0.3 is 20.2 Å². The van der Waals surface area contributed by atoms with Crippen LogP contribution in [0.15, 0.2) is 24.5 Å². The number of carbonyl (C=O) groups excluding carboxylic acids is 1. The molecule has 0 aliphatic carbocycles. The van der Waals surface area contributed by atoms with Crippen LogP contribution in [0.4, 0.5) is 4.79 Å². The minimum atomic E-state index is -0.250. The highest BCUT2D eigenvalue weighted by molar-refractivity contribution is 5.75. The lowest BCUT2D eigenvalue weighted by molar-refractivity contribution is -0.122. The van der Waals surface area contributed by atoms with Crippen molar-refractivity contribution in [1.82, 2.24) is 20.1 Å². The molecular formula is C19H30N4O3. The van der Waals surface area contributed by atoms with Crippen LogP contribution in [0, 0.1) is 5.92 Å². The SMILES string of the molecule is CCN1CCC(CCNC(=O)N2CC(c3ccncc3)C2)CC1.O=CO. The van der Waals surface area contributed by atoms with Crippen LogP contribution in [-0.2, 0) is 4.79 Å². The number of carbonyl (C=O) groups is 2. The van der Waals surface area contributed by atoms with Gasteiger partial charge in [0.05, 0.1) is 0 Å². The molecule has 0 bridgehead atoms. The van der Waals surface area contributed by atoms with Gasteiger partial charge in [-0.1, -0.05) is 6.92 Å². The van der Waals surface area contributed by atoms with E-state index in [1.165, 1.54) is 31.5 Å². The van der Waals surface area contributed by atoms with Crippen molar-refractivity contribution in [3.8, 4) is 0 Å². The monoisotopic (exact) mass is 362 g/mol. The fourth-order valence-electron chi connectivity index (χ4n) is 3.58. The maximum Gasteiger partial charge on any atom is 0.317 e. The van der Waals surface area contributed by atoms with E-state index in [9.17, 15) is 4.79 Å². The molecule has 7 heteroatoms. The summed E-state index contributed by atoms with van der Waals surface area (Å²) in [5.41, 5.74) is 1.28. The van der Waals surface area contributed by atoms with Gasteiger partial charge in [0.15, 0.2) is 0 Å². The molecule has 3 rings (SSSR count). The van der Waals surface area contributed by atoms with Crippen molar-refractivity contribution in [3.05, 3.63) is 30.1 Å². The Hall–Kier alpha value is -2.15. The summed E-state index contributed by atoms with van der Waals surface area (Å²) in [5, 5.41) is 9.98. The fourth-order valence-corrected chi connectivity index (χ4v) is 3.58. The van der Waals surface area contributed by atoms with E-state index in [0.717, 1.165) is 38.5 Å². The van der Waals surface area contributed by atoms with Crippen LogP contribution in [0.5, 0.6) is 0 Å². The summed E-state index contributed by atoms with van der Waals surface area (Å²) in [5.74, 6) is 1.25. The highest BCUT2D eigenvalue weighted by atomic mass is 16.3. The van der Waals surface area contributed by atoms with Crippen LogP contribution in [0.3, 0.4) is 0 Å². The van der Waals surface area contributed by atoms with E-state index in [-0.39, 0.29) is 12.5 Å². The Morgan fingerprint density at radius 2 is 1.92 bits per heavy atom. The molecule has 7 nitrogen and oxygen atoms in total. The second kappa shape index (κ2) is 10.8. The third-order valence-corrected chi connectivity index (χ3v) is 5.33. The zero-order valence-corrected chi connectivity index (χ0v) is 15.5. The lowest BCUT2D eigenvalue weighted by atomic mass is 9.92. The van der Waals surface area contributed by atoms with Crippen LogP contribution in [0.1, 0.15) is 37.7 Å². The summed E-state index contributed by atoms with van der Waals surface area (Å²) in [6.45, 7) is 8.04. The minimum Gasteiger partial charge on any atom is -0.483 e. The molecule has 0 saturated carbocycles. The van der Waals surface area contributed by atoms with E-state index in [4.69, 9.17) is 9.90 Å². The van der Waals surface area contributed by atoms with Crippen LogP contribution in [0.2, 0.25) is 0 Å². The molecule has 26 heavy (non-hydrogen) atoms. The summed E-state index contributed by atoms with van der Waals surface area (Å²) >= 11 is 0. The maximum absolute atomic E-state index is 12.1. The van der Waals surface area contributed by atoms with Crippen LogP contribution < -0.4 is 5.32 Å². The lowest BCUT2D eigenvalue weighted by Crippen LogP contribution is -2.52. The number of urea groups is 1. The van der Waals surface area contributed by atoms with Gasteiger partial charge in [-0.2, -0.15) is 0 Å². The number of nitrogens with zero attached hydrogens (tertiary/aromatic N) is 3. The number of hydrogen-bond donors (Lipinski definition) is 2. The number of carboxylic acid groups (broad SMARTS) is 1. The first-order chi connectivity index (χ1) is 12.7. The Morgan fingerprint density at radius 1 is 1.31 bits per heavy atom. The number of rotatable bonds is 5. The van der Waals surface area contributed by atoms with Crippen molar-refractivity contribution in [2.75, 3.05) is 39.3 Å². The quantitative estimate of drug-likeness (QED) is 0.783. The molecule has 144 valence electrons. The van der Waals surface area contributed by atoms with Gasteiger partial charge in [-0.05, 0) is 62.5 Å². The molecular weight excluding hydrogens is 332 g/mol. The number of nitrogens with one attached hydrogen (secondary N) is 1. The van der Waals surface area contributed by atoms with Gasteiger partial charge in [0, 0.05) is 37.9 Å². The molecule has 2 amide bonds. The molecule has 0 unspecified atom stereocenters.